The van der Waals surface area contributed by atoms with E-state index in [0.717, 1.165) is 0 Å². The molecule has 1 aliphatic rings. The van der Waals surface area contributed by atoms with Gasteiger partial charge in [0.05, 0.1) is 10.9 Å². The fourth-order valence-corrected chi connectivity index (χ4v) is 3.12. The van der Waals surface area contributed by atoms with E-state index < -0.39 is 18.0 Å². The van der Waals surface area contributed by atoms with Crippen molar-refractivity contribution in [3.63, 3.8) is 0 Å². The fraction of sp³-hybridized carbons (Fsp3) is 0.500. The van der Waals surface area contributed by atoms with Gasteiger partial charge in [-0.3, -0.25) is 9.59 Å². The van der Waals surface area contributed by atoms with E-state index in [0.29, 0.717) is 23.7 Å². The van der Waals surface area contributed by atoms with Gasteiger partial charge in [-0.15, -0.1) is 0 Å². The molecule has 2 rings (SSSR count). The molecule has 1 aliphatic heterocycles. The molecule has 0 bridgehead atoms. The third kappa shape index (κ3) is 4.30. The van der Waals surface area contributed by atoms with Crippen LogP contribution in [0.15, 0.2) is 18.2 Å². The minimum absolute atomic E-state index is 0.135. The minimum atomic E-state index is -0.874. The fourth-order valence-electron chi connectivity index (χ4n) is 2.78. The van der Waals surface area contributed by atoms with E-state index in [1.165, 1.54) is 0 Å². The first-order valence-electron chi connectivity index (χ1n) is 7.41. The van der Waals surface area contributed by atoms with Crippen LogP contribution in [0.1, 0.15) is 20.3 Å². The predicted molar refractivity (Wildman–Crippen MR) is 88.0 cm³/mol. The van der Waals surface area contributed by atoms with Gasteiger partial charge in [-0.1, -0.05) is 36.2 Å². The SMILES string of the molecule is CC1CC(C(=O)O)CN(C(=O)C(C)Oc2cccc(Cl)c2Cl)C1. The quantitative estimate of drug-likeness (QED) is 0.895. The highest BCUT2D eigenvalue weighted by Gasteiger charge is 2.34. The van der Waals surface area contributed by atoms with Crippen LogP contribution in [0.5, 0.6) is 5.75 Å². The summed E-state index contributed by atoms with van der Waals surface area (Å²) in [6.07, 6.45) is -0.195. The summed E-state index contributed by atoms with van der Waals surface area (Å²) in [4.78, 5) is 25.3. The zero-order valence-corrected chi connectivity index (χ0v) is 14.5. The third-order valence-corrected chi connectivity index (χ3v) is 4.69. The highest BCUT2D eigenvalue weighted by molar-refractivity contribution is 6.42. The molecule has 1 fully saturated rings. The van der Waals surface area contributed by atoms with Gasteiger partial charge in [0, 0.05) is 13.1 Å². The average Bonchev–Trinajstić information content (AvgIpc) is 2.50. The van der Waals surface area contributed by atoms with E-state index in [4.69, 9.17) is 27.9 Å². The molecule has 23 heavy (non-hydrogen) atoms. The summed E-state index contributed by atoms with van der Waals surface area (Å²) >= 11 is 12.0. The van der Waals surface area contributed by atoms with Crippen molar-refractivity contribution in [3.8, 4) is 5.75 Å². The molecule has 126 valence electrons. The number of amides is 1. The van der Waals surface area contributed by atoms with Crippen molar-refractivity contribution in [1.82, 2.24) is 4.90 Å². The molecule has 1 amide bonds. The molecule has 0 saturated carbocycles. The largest absolute Gasteiger partial charge is 0.481 e. The Labute approximate surface area is 145 Å². The molecule has 1 aromatic carbocycles. The second kappa shape index (κ2) is 7.41. The van der Waals surface area contributed by atoms with Crippen LogP contribution in [-0.2, 0) is 9.59 Å². The number of hydrogen-bond donors (Lipinski definition) is 1. The number of carboxylic acid groups (broad SMARTS) is 1. The van der Waals surface area contributed by atoms with Crippen LogP contribution >= 0.6 is 23.2 Å². The Bertz CT molecular complexity index is 608. The van der Waals surface area contributed by atoms with Gasteiger partial charge in [0.2, 0.25) is 0 Å². The smallest absolute Gasteiger partial charge is 0.308 e. The number of hydrogen-bond acceptors (Lipinski definition) is 3. The lowest BCUT2D eigenvalue weighted by molar-refractivity contribution is -0.149. The number of benzene rings is 1. The predicted octanol–water partition coefficient (Wildman–Crippen LogP) is 3.33. The maximum atomic E-state index is 12.5. The van der Waals surface area contributed by atoms with Crippen LogP contribution in [0.4, 0.5) is 0 Å². The number of nitrogens with zero attached hydrogens (tertiary/aromatic N) is 1. The molecule has 0 radical (unpaired) electrons. The first-order valence-corrected chi connectivity index (χ1v) is 8.17. The van der Waals surface area contributed by atoms with E-state index in [1.54, 1.807) is 30.0 Å². The highest BCUT2D eigenvalue weighted by atomic mass is 35.5. The number of ether oxygens (including phenoxy) is 1. The molecule has 1 saturated heterocycles. The molecular weight excluding hydrogens is 341 g/mol. The number of carboxylic acids is 1. The lowest BCUT2D eigenvalue weighted by atomic mass is 9.90. The first kappa shape index (κ1) is 17.9. The van der Waals surface area contributed by atoms with Crippen LogP contribution < -0.4 is 4.74 Å². The summed E-state index contributed by atoms with van der Waals surface area (Å²) in [5.41, 5.74) is 0. The van der Waals surface area contributed by atoms with Crippen molar-refractivity contribution in [1.29, 1.82) is 0 Å². The zero-order chi connectivity index (χ0) is 17.1. The Hall–Kier alpha value is -1.46. The van der Waals surface area contributed by atoms with Crippen molar-refractivity contribution in [2.45, 2.75) is 26.4 Å². The molecule has 0 aliphatic carbocycles. The van der Waals surface area contributed by atoms with E-state index in [1.807, 2.05) is 6.92 Å². The minimum Gasteiger partial charge on any atom is -0.481 e. The van der Waals surface area contributed by atoms with Crippen molar-refractivity contribution < 1.29 is 19.4 Å². The Morgan fingerprint density at radius 3 is 2.70 bits per heavy atom. The van der Waals surface area contributed by atoms with Crippen molar-refractivity contribution in [3.05, 3.63) is 28.2 Å². The molecule has 0 spiro atoms. The summed E-state index contributed by atoms with van der Waals surface area (Å²) in [5, 5.41) is 9.80. The molecule has 1 aromatic rings. The number of rotatable bonds is 4. The molecule has 0 aromatic heterocycles. The number of carbonyl (C=O) groups excluding carboxylic acids is 1. The van der Waals surface area contributed by atoms with Crippen molar-refractivity contribution >= 4 is 35.1 Å². The summed E-state index contributed by atoms with van der Waals surface area (Å²) in [7, 11) is 0. The number of carbonyl (C=O) groups is 2. The average molecular weight is 360 g/mol. The summed E-state index contributed by atoms with van der Waals surface area (Å²) < 4.78 is 5.62. The van der Waals surface area contributed by atoms with Gasteiger partial charge in [0.1, 0.15) is 10.8 Å². The van der Waals surface area contributed by atoms with Gasteiger partial charge >= 0.3 is 5.97 Å². The molecule has 5 nitrogen and oxygen atoms in total. The molecule has 7 heteroatoms. The Morgan fingerprint density at radius 1 is 1.35 bits per heavy atom. The summed E-state index contributed by atoms with van der Waals surface area (Å²) in [5.74, 6) is -1.19. The van der Waals surface area contributed by atoms with Gasteiger partial charge in [-0.25, -0.2) is 0 Å². The van der Waals surface area contributed by atoms with Gasteiger partial charge < -0.3 is 14.7 Å². The van der Waals surface area contributed by atoms with Crippen LogP contribution in [0.2, 0.25) is 10.0 Å². The van der Waals surface area contributed by atoms with Crippen molar-refractivity contribution in [2.24, 2.45) is 11.8 Å². The number of halogens is 2. The van der Waals surface area contributed by atoms with E-state index in [2.05, 4.69) is 0 Å². The Balaban J connectivity index is 2.07. The molecular formula is C16H19Cl2NO4. The van der Waals surface area contributed by atoms with Crippen molar-refractivity contribution in [2.75, 3.05) is 13.1 Å². The molecule has 3 unspecified atom stereocenters. The molecule has 1 heterocycles. The van der Waals surface area contributed by atoms with Crippen LogP contribution in [0.3, 0.4) is 0 Å². The normalized spacial score (nSPS) is 22.5. The first-order chi connectivity index (χ1) is 10.8. The van der Waals surface area contributed by atoms with E-state index in [9.17, 15) is 14.7 Å². The topological polar surface area (TPSA) is 66.8 Å². The van der Waals surface area contributed by atoms with Gasteiger partial charge in [0.25, 0.3) is 5.91 Å². The zero-order valence-electron chi connectivity index (χ0n) is 13.0. The number of likely N-dealkylation sites (tertiary alicyclic amines) is 1. The van der Waals surface area contributed by atoms with Gasteiger partial charge in [0.15, 0.2) is 6.10 Å². The lowest BCUT2D eigenvalue weighted by Crippen LogP contribution is -2.49. The summed E-state index contributed by atoms with van der Waals surface area (Å²) in [6.45, 7) is 4.29. The number of piperidine rings is 1. The van der Waals surface area contributed by atoms with Crippen LogP contribution in [0, 0.1) is 11.8 Å². The van der Waals surface area contributed by atoms with Gasteiger partial charge in [-0.2, -0.15) is 0 Å². The maximum Gasteiger partial charge on any atom is 0.308 e. The second-order valence-corrected chi connectivity index (χ2v) is 6.72. The Morgan fingerprint density at radius 2 is 2.04 bits per heavy atom. The monoisotopic (exact) mass is 359 g/mol. The lowest BCUT2D eigenvalue weighted by Gasteiger charge is -2.36. The highest BCUT2D eigenvalue weighted by Crippen LogP contribution is 2.32. The van der Waals surface area contributed by atoms with Crippen LogP contribution in [-0.4, -0.2) is 41.1 Å². The third-order valence-electron chi connectivity index (χ3n) is 3.89. The maximum absolute atomic E-state index is 12.5. The van der Waals surface area contributed by atoms with Crippen LogP contribution in [0.25, 0.3) is 0 Å². The van der Waals surface area contributed by atoms with Gasteiger partial charge in [-0.05, 0) is 31.4 Å². The molecule has 3 atom stereocenters. The second-order valence-electron chi connectivity index (χ2n) is 5.93. The number of aliphatic carboxylic acids is 1. The molecule has 1 N–H and O–H groups in total. The van der Waals surface area contributed by atoms with E-state index in [-0.39, 0.29) is 23.4 Å². The summed E-state index contributed by atoms with van der Waals surface area (Å²) in [6, 6.07) is 4.95. The Kier molecular flexibility index (Phi) is 5.76. The van der Waals surface area contributed by atoms with E-state index >= 15 is 0 Å². The standard InChI is InChI=1S/C16H19Cl2NO4/c1-9-6-11(16(21)22)8-19(7-9)15(20)10(2)23-13-5-3-4-12(17)14(13)18/h3-5,9-11H,6-8H2,1-2H3,(H,21,22).